The third-order valence-electron chi connectivity index (χ3n) is 5.84. The van der Waals surface area contributed by atoms with Gasteiger partial charge in [-0.25, -0.2) is 0 Å². The molecule has 3 heterocycles. The van der Waals surface area contributed by atoms with E-state index < -0.39 is 0 Å². The molecule has 2 aromatic rings. The van der Waals surface area contributed by atoms with E-state index in [0.29, 0.717) is 13.2 Å². The minimum Gasteiger partial charge on any atom is -0.455 e. The second-order valence-electron chi connectivity index (χ2n) is 7.52. The van der Waals surface area contributed by atoms with Crippen molar-refractivity contribution in [3.05, 3.63) is 53.6 Å². The molecule has 5 nitrogen and oxygen atoms in total. The Morgan fingerprint density at radius 1 is 0.963 bits per heavy atom. The van der Waals surface area contributed by atoms with Crippen LogP contribution in [-0.4, -0.2) is 50.2 Å². The normalized spacial score (nSPS) is 21.4. The largest absolute Gasteiger partial charge is 0.455 e. The minimum absolute atomic E-state index is 0.0647. The van der Waals surface area contributed by atoms with Crippen LogP contribution in [0, 0.1) is 5.92 Å². The van der Waals surface area contributed by atoms with Crippen LogP contribution >= 0.6 is 0 Å². The fraction of sp³-hybridized carbons (Fsp3) is 0.409. The number of amides is 1. The fourth-order valence-corrected chi connectivity index (χ4v) is 4.36. The number of rotatable bonds is 2. The van der Waals surface area contributed by atoms with Gasteiger partial charge in [0.05, 0.1) is 24.8 Å². The quantitative estimate of drug-likeness (QED) is 0.701. The van der Waals surface area contributed by atoms with Crippen molar-refractivity contribution >= 4 is 11.6 Å². The van der Waals surface area contributed by atoms with Crippen LogP contribution in [0.25, 0.3) is 0 Å². The monoisotopic (exact) mass is 364 g/mol. The molecule has 1 unspecified atom stereocenters. The fourth-order valence-electron chi connectivity index (χ4n) is 4.36. The lowest BCUT2D eigenvalue weighted by Gasteiger charge is -2.30. The SMILES string of the molecule is O=C(C1CCN(c2cccc3c2Oc2ccccc2C3)C1)N1CCOCC1. The summed E-state index contributed by atoms with van der Waals surface area (Å²) < 4.78 is 11.7. The average Bonchev–Trinajstić information content (AvgIpc) is 3.22. The van der Waals surface area contributed by atoms with Crippen LogP contribution in [0.2, 0.25) is 0 Å². The molecule has 3 aliphatic rings. The van der Waals surface area contributed by atoms with Gasteiger partial charge in [0.25, 0.3) is 0 Å². The number of nitrogens with zero attached hydrogens (tertiary/aromatic N) is 2. The summed E-state index contributed by atoms with van der Waals surface area (Å²) in [5.41, 5.74) is 3.55. The number of morpholine rings is 1. The first-order chi connectivity index (χ1) is 13.3. The summed E-state index contributed by atoms with van der Waals surface area (Å²) in [6, 6.07) is 14.6. The molecule has 0 aliphatic carbocycles. The summed E-state index contributed by atoms with van der Waals surface area (Å²) in [5, 5.41) is 0. The van der Waals surface area contributed by atoms with Gasteiger partial charge in [-0.1, -0.05) is 30.3 Å². The van der Waals surface area contributed by atoms with Crippen LogP contribution in [0.5, 0.6) is 11.5 Å². The lowest BCUT2D eigenvalue weighted by molar-refractivity contribution is -0.138. The molecule has 0 spiro atoms. The van der Waals surface area contributed by atoms with Crippen molar-refractivity contribution in [3.63, 3.8) is 0 Å². The Bertz CT molecular complexity index is 860. The highest BCUT2D eigenvalue weighted by atomic mass is 16.5. The van der Waals surface area contributed by atoms with Crippen molar-refractivity contribution in [1.82, 2.24) is 4.90 Å². The number of carbonyl (C=O) groups excluding carboxylic acids is 1. The third kappa shape index (κ3) is 3.06. The van der Waals surface area contributed by atoms with Gasteiger partial charge in [0.1, 0.15) is 5.75 Å². The van der Waals surface area contributed by atoms with Crippen LogP contribution in [0.15, 0.2) is 42.5 Å². The first-order valence-electron chi connectivity index (χ1n) is 9.79. The summed E-state index contributed by atoms with van der Waals surface area (Å²) in [4.78, 5) is 17.1. The second kappa shape index (κ2) is 6.89. The van der Waals surface area contributed by atoms with E-state index in [1.165, 1.54) is 11.1 Å². The number of benzene rings is 2. The highest BCUT2D eigenvalue weighted by Crippen LogP contribution is 2.43. The first-order valence-corrected chi connectivity index (χ1v) is 9.79. The molecule has 140 valence electrons. The number of hydrogen-bond acceptors (Lipinski definition) is 4. The van der Waals surface area contributed by atoms with E-state index in [1.807, 2.05) is 17.0 Å². The van der Waals surface area contributed by atoms with E-state index in [4.69, 9.17) is 9.47 Å². The Labute approximate surface area is 159 Å². The van der Waals surface area contributed by atoms with E-state index in [2.05, 4.69) is 35.2 Å². The average molecular weight is 364 g/mol. The van der Waals surface area contributed by atoms with Gasteiger partial charge in [-0.15, -0.1) is 0 Å². The van der Waals surface area contributed by atoms with Crippen LogP contribution in [0.1, 0.15) is 17.5 Å². The molecular weight excluding hydrogens is 340 g/mol. The van der Waals surface area contributed by atoms with Gasteiger partial charge in [0.15, 0.2) is 5.75 Å². The van der Waals surface area contributed by atoms with Crippen LogP contribution in [-0.2, 0) is 16.0 Å². The molecule has 0 bridgehead atoms. The number of carbonyl (C=O) groups is 1. The van der Waals surface area contributed by atoms with Gasteiger partial charge in [-0.05, 0) is 24.1 Å². The van der Waals surface area contributed by atoms with Crippen LogP contribution in [0.3, 0.4) is 0 Å². The van der Waals surface area contributed by atoms with E-state index in [9.17, 15) is 4.79 Å². The van der Waals surface area contributed by atoms with Gasteiger partial charge in [0.2, 0.25) is 5.91 Å². The second-order valence-corrected chi connectivity index (χ2v) is 7.52. The standard InChI is InChI=1S/C22H24N2O3/c25-22(23-10-12-26-13-11-23)18-8-9-24(15-18)19-6-3-5-17-14-16-4-1-2-7-20(16)27-21(17)19/h1-7,18H,8-15H2. The molecule has 5 rings (SSSR count). The maximum atomic E-state index is 12.8. The zero-order valence-corrected chi connectivity index (χ0v) is 15.4. The Morgan fingerprint density at radius 2 is 1.78 bits per heavy atom. The van der Waals surface area contributed by atoms with Gasteiger partial charge >= 0.3 is 0 Å². The summed E-state index contributed by atoms with van der Waals surface area (Å²) in [6.45, 7) is 4.40. The molecule has 0 radical (unpaired) electrons. The van der Waals surface area contributed by atoms with Crippen molar-refractivity contribution in [2.75, 3.05) is 44.3 Å². The predicted molar refractivity (Wildman–Crippen MR) is 103 cm³/mol. The maximum absolute atomic E-state index is 12.8. The van der Waals surface area contributed by atoms with Crippen LogP contribution < -0.4 is 9.64 Å². The lowest BCUT2D eigenvalue weighted by Crippen LogP contribution is -2.44. The summed E-state index contributed by atoms with van der Waals surface area (Å²) >= 11 is 0. The van der Waals surface area contributed by atoms with Gasteiger partial charge in [0, 0.05) is 38.2 Å². The Hall–Kier alpha value is -2.53. The minimum atomic E-state index is 0.0647. The smallest absolute Gasteiger partial charge is 0.227 e. The van der Waals surface area contributed by atoms with Gasteiger partial charge in [-0.3, -0.25) is 4.79 Å². The number of hydrogen-bond donors (Lipinski definition) is 0. The molecule has 0 N–H and O–H groups in total. The Kier molecular flexibility index (Phi) is 4.24. The van der Waals surface area contributed by atoms with Crippen molar-refractivity contribution in [2.45, 2.75) is 12.8 Å². The number of anilines is 1. The predicted octanol–water partition coefficient (Wildman–Crippen LogP) is 3.07. The van der Waals surface area contributed by atoms with Gasteiger partial charge < -0.3 is 19.3 Å². The molecule has 3 aliphatic heterocycles. The molecule has 5 heteroatoms. The molecule has 1 amide bonds. The highest BCUT2D eigenvalue weighted by Gasteiger charge is 2.34. The van der Waals surface area contributed by atoms with Gasteiger partial charge in [-0.2, -0.15) is 0 Å². The van der Waals surface area contributed by atoms with E-state index >= 15 is 0 Å². The van der Waals surface area contributed by atoms with Crippen molar-refractivity contribution in [2.24, 2.45) is 5.92 Å². The molecule has 0 saturated carbocycles. The van der Waals surface area contributed by atoms with E-state index in [0.717, 1.165) is 56.2 Å². The molecule has 2 saturated heterocycles. The summed E-state index contributed by atoms with van der Waals surface area (Å²) in [5.74, 6) is 2.24. The topological polar surface area (TPSA) is 42.0 Å². The van der Waals surface area contributed by atoms with E-state index in [-0.39, 0.29) is 11.8 Å². The Balaban J connectivity index is 1.35. The van der Waals surface area contributed by atoms with Crippen molar-refractivity contribution < 1.29 is 14.3 Å². The number of fused-ring (bicyclic) bond motifs is 2. The number of ether oxygens (including phenoxy) is 2. The maximum Gasteiger partial charge on any atom is 0.227 e. The molecule has 2 aromatic carbocycles. The number of para-hydroxylation sites is 2. The first kappa shape index (κ1) is 16.6. The lowest BCUT2D eigenvalue weighted by atomic mass is 9.99. The molecular formula is C22H24N2O3. The van der Waals surface area contributed by atoms with Crippen molar-refractivity contribution in [3.8, 4) is 11.5 Å². The molecule has 2 fully saturated rings. The molecule has 0 aromatic heterocycles. The zero-order chi connectivity index (χ0) is 18.2. The zero-order valence-electron chi connectivity index (χ0n) is 15.4. The summed E-state index contributed by atoms with van der Waals surface area (Å²) in [6.07, 6.45) is 1.79. The van der Waals surface area contributed by atoms with E-state index in [1.54, 1.807) is 0 Å². The molecule has 1 atom stereocenters. The Morgan fingerprint density at radius 3 is 2.67 bits per heavy atom. The highest BCUT2D eigenvalue weighted by molar-refractivity contribution is 5.81. The van der Waals surface area contributed by atoms with Crippen LogP contribution in [0.4, 0.5) is 5.69 Å². The summed E-state index contributed by atoms with van der Waals surface area (Å²) in [7, 11) is 0. The van der Waals surface area contributed by atoms with Crippen molar-refractivity contribution in [1.29, 1.82) is 0 Å². The molecule has 27 heavy (non-hydrogen) atoms. The third-order valence-corrected chi connectivity index (χ3v) is 5.84.